The third kappa shape index (κ3) is 1.93. The number of nitrogens with zero attached hydrogens (tertiary/aromatic N) is 1. The van der Waals surface area contributed by atoms with Crippen molar-refractivity contribution in [3.63, 3.8) is 0 Å². The minimum absolute atomic E-state index is 0.544. The van der Waals surface area contributed by atoms with Gasteiger partial charge in [-0.05, 0) is 37.5 Å². The van der Waals surface area contributed by atoms with Crippen molar-refractivity contribution in [1.82, 2.24) is 9.97 Å². The standard InChI is InChI=1S/C12H16N4O/c13-8-2-3-9-10(6-8)16-11(15-9)14-7-12(17)4-1-5-12/h2-3,6,17H,1,4-5,7,13H2,(H2,14,15,16). The number of rotatable bonds is 3. The number of aliphatic hydroxyl groups is 1. The van der Waals surface area contributed by atoms with Crippen LogP contribution < -0.4 is 11.1 Å². The summed E-state index contributed by atoms with van der Waals surface area (Å²) < 4.78 is 0. The van der Waals surface area contributed by atoms with Gasteiger partial charge in [-0.1, -0.05) is 0 Å². The van der Waals surface area contributed by atoms with Crippen molar-refractivity contribution in [1.29, 1.82) is 0 Å². The number of aromatic amines is 1. The highest BCUT2D eigenvalue weighted by Crippen LogP contribution is 2.31. The molecule has 0 unspecified atom stereocenters. The summed E-state index contributed by atoms with van der Waals surface area (Å²) in [4.78, 5) is 7.53. The number of nitrogens with one attached hydrogen (secondary N) is 2. The Hall–Kier alpha value is -1.75. The fourth-order valence-corrected chi connectivity index (χ4v) is 2.12. The van der Waals surface area contributed by atoms with Gasteiger partial charge in [-0.15, -0.1) is 0 Å². The summed E-state index contributed by atoms with van der Waals surface area (Å²) in [7, 11) is 0. The summed E-state index contributed by atoms with van der Waals surface area (Å²) in [6, 6.07) is 5.56. The van der Waals surface area contributed by atoms with Crippen LogP contribution in [-0.4, -0.2) is 27.2 Å². The highest BCUT2D eigenvalue weighted by atomic mass is 16.3. The molecular weight excluding hydrogens is 216 g/mol. The highest BCUT2D eigenvalue weighted by Gasteiger charge is 2.34. The number of H-pyrrole nitrogens is 1. The SMILES string of the molecule is Nc1ccc2nc(NCC3(O)CCC3)[nH]c2c1. The Morgan fingerprint density at radius 2 is 2.29 bits per heavy atom. The van der Waals surface area contributed by atoms with Crippen molar-refractivity contribution in [2.24, 2.45) is 0 Å². The van der Waals surface area contributed by atoms with E-state index in [1.165, 1.54) is 0 Å². The first-order valence-corrected chi connectivity index (χ1v) is 5.86. The molecule has 3 rings (SSSR count). The first kappa shape index (κ1) is 10.4. The number of benzene rings is 1. The molecule has 90 valence electrons. The largest absolute Gasteiger partial charge is 0.399 e. The summed E-state index contributed by atoms with van der Waals surface area (Å²) in [5.41, 5.74) is 7.66. The van der Waals surface area contributed by atoms with E-state index in [9.17, 15) is 5.11 Å². The van der Waals surface area contributed by atoms with Gasteiger partial charge in [0.25, 0.3) is 0 Å². The molecule has 5 nitrogen and oxygen atoms in total. The van der Waals surface area contributed by atoms with Crippen LogP contribution in [0.1, 0.15) is 19.3 Å². The minimum atomic E-state index is -0.544. The first-order chi connectivity index (χ1) is 8.15. The van der Waals surface area contributed by atoms with Crippen molar-refractivity contribution in [3.05, 3.63) is 18.2 Å². The monoisotopic (exact) mass is 232 g/mol. The summed E-state index contributed by atoms with van der Waals surface area (Å²) in [6.45, 7) is 0.544. The zero-order chi connectivity index (χ0) is 11.9. The van der Waals surface area contributed by atoms with Crippen molar-refractivity contribution in [3.8, 4) is 0 Å². The second-order valence-electron chi connectivity index (χ2n) is 4.79. The van der Waals surface area contributed by atoms with E-state index in [1.807, 2.05) is 18.2 Å². The van der Waals surface area contributed by atoms with Crippen LogP contribution in [0.3, 0.4) is 0 Å². The number of aromatic nitrogens is 2. The predicted octanol–water partition coefficient (Wildman–Crippen LogP) is 1.47. The number of hydrogen-bond donors (Lipinski definition) is 4. The molecule has 1 fully saturated rings. The molecule has 17 heavy (non-hydrogen) atoms. The molecule has 2 aromatic rings. The zero-order valence-electron chi connectivity index (χ0n) is 9.53. The van der Waals surface area contributed by atoms with Gasteiger partial charge in [0.1, 0.15) is 0 Å². The van der Waals surface area contributed by atoms with Crippen molar-refractivity contribution in [2.75, 3.05) is 17.6 Å². The maximum Gasteiger partial charge on any atom is 0.201 e. The van der Waals surface area contributed by atoms with E-state index in [-0.39, 0.29) is 0 Å². The molecule has 1 aliphatic rings. The first-order valence-electron chi connectivity index (χ1n) is 5.86. The van der Waals surface area contributed by atoms with Crippen molar-refractivity contribution in [2.45, 2.75) is 24.9 Å². The summed E-state index contributed by atoms with van der Waals surface area (Å²) in [5.74, 6) is 0.686. The zero-order valence-corrected chi connectivity index (χ0v) is 9.53. The van der Waals surface area contributed by atoms with Gasteiger partial charge in [0.05, 0.1) is 16.6 Å². The van der Waals surface area contributed by atoms with Gasteiger partial charge < -0.3 is 21.1 Å². The Morgan fingerprint density at radius 1 is 1.47 bits per heavy atom. The number of imidazole rings is 1. The fourth-order valence-electron chi connectivity index (χ4n) is 2.12. The third-order valence-electron chi connectivity index (χ3n) is 3.38. The maximum absolute atomic E-state index is 9.97. The maximum atomic E-state index is 9.97. The van der Waals surface area contributed by atoms with Crippen LogP contribution in [0.15, 0.2) is 18.2 Å². The van der Waals surface area contributed by atoms with Crippen molar-refractivity contribution < 1.29 is 5.11 Å². The molecule has 0 bridgehead atoms. The number of hydrogen-bond acceptors (Lipinski definition) is 4. The molecule has 5 N–H and O–H groups in total. The molecule has 0 saturated heterocycles. The normalized spacial score (nSPS) is 17.9. The molecule has 5 heteroatoms. The summed E-state index contributed by atoms with van der Waals surface area (Å²) in [5, 5.41) is 13.1. The highest BCUT2D eigenvalue weighted by molar-refractivity contribution is 5.80. The lowest BCUT2D eigenvalue weighted by Gasteiger charge is -2.36. The average molecular weight is 232 g/mol. The predicted molar refractivity (Wildman–Crippen MR) is 67.8 cm³/mol. The van der Waals surface area contributed by atoms with Crippen LogP contribution in [0.2, 0.25) is 0 Å². The average Bonchev–Trinajstić information content (AvgIpc) is 2.65. The van der Waals surface area contributed by atoms with Gasteiger partial charge >= 0.3 is 0 Å². The number of nitrogens with two attached hydrogens (primary N) is 1. The minimum Gasteiger partial charge on any atom is -0.399 e. The van der Waals surface area contributed by atoms with Gasteiger partial charge in [-0.2, -0.15) is 0 Å². The Kier molecular flexibility index (Phi) is 2.22. The number of anilines is 2. The van der Waals surface area contributed by atoms with Crippen molar-refractivity contribution >= 4 is 22.7 Å². The van der Waals surface area contributed by atoms with Gasteiger partial charge in [0.2, 0.25) is 5.95 Å². The molecule has 0 aliphatic heterocycles. The lowest BCUT2D eigenvalue weighted by Crippen LogP contribution is -2.43. The van der Waals surface area contributed by atoms with Gasteiger partial charge in [-0.3, -0.25) is 0 Å². The van der Waals surface area contributed by atoms with E-state index in [4.69, 9.17) is 5.73 Å². The molecule has 1 saturated carbocycles. The Bertz CT molecular complexity index is 544. The van der Waals surface area contributed by atoms with E-state index < -0.39 is 5.60 Å². The lowest BCUT2D eigenvalue weighted by molar-refractivity contribution is -0.0203. The molecule has 0 amide bonds. The molecule has 1 heterocycles. The summed E-state index contributed by atoms with van der Waals surface area (Å²) in [6.07, 6.45) is 2.84. The quantitative estimate of drug-likeness (QED) is 0.603. The van der Waals surface area contributed by atoms with Crippen LogP contribution in [-0.2, 0) is 0 Å². The number of nitrogen functional groups attached to an aromatic ring is 1. The Labute approximate surface area is 99.0 Å². The molecule has 0 radical (unpaired) electrons. The number of fused-ring (bicyclic) bond motifs is 1. The molecular formula is C12H16N4O. The van der Waals surface area contributed by atoms with E-state index in [0.717, 1.165) is 30.3 Å². The van der Waals surface area contributed by atoms with Gasteiger partial charge in [0.15, 0.2) is 0 Å². The van der Waals surface area contributed by atoms with Crippen LogP contribution in [0.25, 0.3) is 11.0 Å². The smallest absolute Gasteiger partial charge is 0.201 e. The second-order valence-corrected chi connectivity index (χ2v) is 4.79. The molecule has 0 atom stereocenters. The molecule has 0 spiro atoms. The van der Waals surface area contributed by atoms with Gasteiger partial charge in [0, 0.05) is 12.2 Å². The van der Waals surface area contributed by atoms with Crippen LogP contribution in [0.5, 0.6) is 0 Å². The Balaban J connectivity index is 1.76. The van der Waals surface area contributed by atoms with E-state index >= 15 is 0 Å². The van der Waals surface area contributed by atoms with Crippen LogP contribution in [0.4, 0.5) is 11.6 Å². The summed E-state index contributed by atoms with van der Waals surface area (Å²) >= 11 is 0. The fraction of sp³-hybridized carbons (Fsp3) is 0.417. The molecule has 1 aromatic carbocycles. The Morgan fingerprint density at radius 3 is 3.00 bits per heavy atom. The second kappa shape index (κ2) is 3.63. The van der Waals surface area contributed by atoms with E-state index in [1.54, 1.807) is 0 Å². The third-order valence-corrected chi connectivity index (χ3v) is 3.38. The lowest BCUT2D eigenvalue weighted by atomic mass is 9.80. The molecule has 1 aliphatic carbocycles. The van der Waals surface area contributed by atoms with Crippen LogP contribution >= 0.6 is 0 Å². The van der Waals surface area contributed by atoms with E-state index in [2.05, 4.69) is 15.3 Å². The van der Waals surface area contributed by atoms with E-state index in [0.29, 0.717) is 18.2 Å². The topological polar surface area (TPSA) is 87.0 Å². The van der Waals surface area contributed by atoms with Gasteiger partial charge in [-0.25, -0.2) is 4.98 Å². The van der Waals surface area contributed by atoms with Crippen LogP contribution in [0, 0.1) is 0 Å². The molecule has 1 aromatic heterocycles.